The second-order valence-corrected chi connectivity index (χ2v) is 10.3. The van der Waals surface area contributed by atoms with Gasteiger partial charge in [0.1, 0.15) is 6.10 Å². The van der Waals surface area contributed by atoms with E-state index in [1.807, 2.05) is 13.8 Å². The van der Waals surface area contributed by atoms with Gasteiger partial charge in [0.2, 0.25) is 0 Å². The number of nitrogens with one attached hydrogen (secondary N) is 1. The standard InChI is InChI=1S/C19H37NO2/c1-16(2,3)10-11-17(4,5)15(21)22-14-12-18(6,7)20-19(8,9)13-14/h14,20H,10-13H2,1-9H3. The van der Waals surface area contributed by atoms with Gasteiger partial charge in [0.25, 0.3) is 0 Å². The maximum absolute atomic E-state index is 12.6. The maximum Gasteiger partial charge on any atom is 0.311 e. The Morgan fingerprint density at radius 3 is 1.86 bits per heavy atom. The van der Waals surface area contributed by atoms with Gasteiger partial charge >= 0.3 is 5.97 Å². The fourth-order valence-electron chi connectivity index (χ4n) is 3.41. The highest BCUT2D eigenvalue weighted by Crippen LogP contribution is 2.35. The van der Waals surface area contributed by atoms with Crippen molar-refractivity contribution in [3.05, 3.63) is 0 Å². The van der Waals surface area contributed by atoms with Crippen LogP contribution in [-0.2, 0) is 9.53 Å². The molecule has 0 saturated carbocycles. The predicted molar refractivity (Wildman–Crippen MR) is 92.9 cm³/mol. The van der Waals surface area contributed by atoms with Gasteiger partial charge in [-0.05, 0) is 59.8 Å². The molecular formula is C19H37NO2. The largest absolute Gasteiger partial charge is 0.462 e. The van der Waals surface area contributed by atoms with Gasteiger partial charge in [-0.25, -0.2) is 0 Å². The van der Waals surface area contributed by atoms with Crippen molar-refractivity contribution in [3.8, 4) is 0 Å². The number of carbonyl (C=O) groups is 1. The van der Waals surface area contributed by atoms with Crippen LogP contribution in [-0.4, -0.2) is 23.2 Å². The van der Waals surface area contributed by atoms with E-state index in [9.17, 15) is 4.79 Å². The van der Waals surface area contributed by atoms with Gasteiger partial charge < -0.3 is 10.1 Å². The van der Waals surface area contributed by atoms with Crippen molar-refractivity contribution in [2.75, 3.05) is 0 Å². The van der Waals surface area contributed by atoms with Crippen LogP contribution in [0.2, 0.25) is 0 Å². The highest BCUT2D eigenvalue weighted by atomic mass is 16.5. The van der Waals surface area contributed by atoms with E-state index in [1.165, 1.54) is 0 Å². The lowest BCUT2D eigenvalue weighted by Crippen LogP contribution is -2.60. The first-order valence-corrected chi connectivity index (χ1v) is 8.62. The van der Waals surface area contributed by atoms with Crippen LogP contribution in [0, 0.1) is 10.8 Å². The second kappa shape index (κ2) is 6.14. The molecule has 1 aliphatic rings. The molecule has 3 nitrogen and oxygen atoms in total. The Balaban J connectivity index is 2.67. The first-order valence-electron chi connectivity index (χ1n) is 8.62. The lowest BCUT2D eigenvalue weighted by molar-refractivity contribution is -0.164. The summed E-state index contributed by atoms with van der Waals surface area (Å²) in [6, 6.07) is 0. The van der Waals surface area contributed by atoms with E-state index in [0.29, 0.717) is 0 Å². The van der Waals surface area contributed by atoms with E-state index in [2.05, 4.69) is 53.8 Å². The zero-order chi connectivity index (χ0) is 17.4. The lowest BCUT2D eigenvalue weighted by atomic mass is 9.79. The van der Waals surface area contributed by atoms with Gasteiger partial charge in [-0.2, -0.15) is 0 Å². The average Bonchev–Trinajstić information content (AvgIpc) is 2.20. The summed E-state index contributed by atoms with van der Waals surface area (Å²) < 4.78 is 5.91. The minimum Gasteiger partial charge on any atom is -0.462 e. The molecule has 0 spiro atoms. The molecule has 0 bridgehead atoms. The summed E-state index contributed by atoms with van der Waals surface area (Å²) in [4.78, 5) is 12.6. The third kappa shape index (κ3) is 6.28. The van der Waals surface area contributed by atoms with Crippen LogP contribution in [0.3, 0.4) is 0 Å². The van der Waals surface area contributed by atoms with Crippen molar-refractivity contribution in [2.24, 2.45) is 10.8 Å². The first kappa shape index (κ1) is 19.5. The number of hydrogen-bond acceptors (Lipinski definition) is 3. The van der Waals surface area contributed by atoms with Crippen LogP contribution in [0.1, 0.15) is 88.0 Å². The van der Waals surface area contributed by atoms with Crippen LogP contribution >= 0.6 is 0 Å². The molecule has 0 atom stereocenters. The van der Waals surface area contributed by atoms with Gasteiger partial charge in [0.05, 0.1) is 5.41 Å². The van der Waals surface area contributed by atoms with Crippen molar-refractivity contribution in [2.45, 2.75) is 105 Å². The molecule has 1 rings (SSSR count). The maximum atomic E-state index is 12.6. The zero-order valence-electron chi connectivity index (χ0n) is 16.2. The van der Waals surface area contributed by atoms with Crippen molar-refractivity contribution in [1.82, 2.24) is 5.32 Å². The SMILES string of the molecule is CC(C)(C)CCC(C)(C)C(=O)OC1CC(C)(C)NC(C)(C)C1. The third-order valence-corrected chi connectivity index (χ3v) is 4.48. The summed E-state index contributed by atoms with van der Waals surface area (Å²) in [5.74, 6) is -0.0461. The minimum atomic E-state index is -0.410. The molecule has 0 aromatic heterocycles. The molecule has 0 amide bonds. The van der Waals surface area contributed by atoms with Crippen molar-refractivity contribution >= 4 is 5.97 Å². The Bertz CT molecular complexity index is 386. The fourth-order valence-corrected chi connectivity index (χ4v) is 3.41. The molecule has 0 radical (unpaired) electrons. The Morgan fingerprint density at radius 1 is 1.00 bits per heavy atom. The third-order valence-electron chi connectivity index (χ3n) is 4.48. The highest BCUT2D eigenvalue weighted by molar-refractivity contribution is 5.76. The van der Waals surface area contributed by atoms with Gasteiger partial charge in [-0.3, -0.25) is 4.79 Å². The van der Waals surface area contributed by atoms with Crippen LogP contribution in [0.5, 0.6) is 0 Å². The van der Waals surface area contributed by atoms with E-state index < -0.39 is 5.41 Å². The smallest absolute Gasteiger partial charge is 0.311 e. The molecule has 0 aliphatic carbocycles. The van der Waals surface area contributed by atoms with E-state index in [-0.39, 0.29) is 28.6 Å². The van der Waals surface area contributed by atoms with Crippen LogP contribution in [0.15, 0.2) is 0 Å². The number of hydrogen-bond donors (Lipinski definition) is 1. The van der Waals surface area contributed by atoms with Gasteiger partial charge in [-0.15, -0.1) is 0 Å². The summed E-state index contributed by atoms with van der Waals surface area (Å²) in [7, 11) is 0. The average molecular weight is 312 g/mol. The Kier molecular flexibility index (Phi) is 5.44. The van der Waals surface area contributed by atoms with Crippen LogP contribution < -0.4 is 5.32 Å². The van der Waals surface area contributed by atoms with Crippen LogP contribution in [0.4, 0.5) is 0 Å². The number of esters is 1. The predicted octanol–water partition coefficient (Wildman–Crippen LogP) is 4.69. The molecule has 1 N–H and O–H groups in total. The van der Waals surface area contributed by atoms with Gasteiger partial charge in [0.15, 0.2) is 0 Å². The molecule has 0 aromatic rings. The van der Waals surface area contributed by atoms with Crippen molar-refractivity contribution in [1.29, 1.82) is 0 Å². The van der Waals surface area contributed by atoms with Crippen molar-refractivity contribution in [3.63, 3.8) is 0 Å². The number of ether oxygens (including phenoxy) is 1. The molecule has 1 fully saturated rings. The Labute approximate surface area is 137 Å². The monoisotopic (exact) mass is 311 g/mol. The summed E-state index contributed by atoms with van der Waals surface area (Å²) in [5, 5.41) is 3.63. The normalized spacial score (nSPS) is 22.4. The number of rotatable bonds is 4. The molecule has 130 valence electrons. The summed E-state index contributed by atoms with van der Waals surface area (Å²) in [5.41, 5.74) is -0.159. The molecule has 0 aromatic carbocycles. The molecule has 1 heterocycles. The summed E-state index contributed by atoms with van der Waals surface area (Å²) in [6.45, 7) is 19.4. The summed E-state index contributed by atoms with van der Waals surface area (Å²) in [6.07, 6.45) is 3.65. The lowest BCUT2D eigenvalue weighted by Gasteiger charge is -2.46. The first-order chi connectivity index (χ1) is 9.62. The second-order valence-electron chi connectivity index (χ2n) is 10.3. The molecule has 1 aliphatic heterocycles. The Morgan fingerprint density at radius 2 is 1.45 bits per heavy atom. The minimum absolute atomic E-state index is 0.00223. The summed E-state index contributed by atoms with van der Waals surface area (Å²) >= 11 is 0. The quantitative estimate of drug-likeness (QED) is 0.765. The van der Waals surface area contributed by atoms with E-state index in [4.69, 9.17) is 4.74 Å². The number of piperidine rings is 1. The van der Waals surface area contributed by atoms with E-state index in [1.54, 1.807) is 0 Å². The molecular weight excluding hydrogens is 274 g/mol. The van der Waals surface area contributed by atoms with Gasteiger partial charge in [-0.1, -0.05) is 20.8 Å². The zero-order valence-corrected chi connectivity index (χ0v) is 16.2. The van der Waals surface area contributed by atoms with Crippen molar-refractivity contribution < 1.29 is 9.53 Å². The van der Waals surface area contributed by atoms with Gasteiger partial charge in [0, 0.05) is 23.9 Å². The fraction of sp³-hybridized carbons (Fsp3) is 0.947. The molecule has 22 heavy (non-hydrogen) atoms. The molecule has 1 saturated heterocycles. The molecule has 3 heteroatoms. The topological polar surface area (TPSA) is 38.3 Å². The molecule has 0 unspecified atom stereocenters. The van der Waals surface area contributed by atoms with E-state index >= 15 is 0 Å². The van der Waals surface area contributed by atoms with E-state index in [0.717, 1.165) is 25.7 Å². The number of carbonyl (C=O) groups excluding carboxylic acids is 1. The highest BCUT2D eigenvalue weighted by Gasteiger charge is 2.41. The Hall–Kier alpha value is -0.570. The van der Waals surface area contributed by atoms with Crippen LogP contribution in [0.25, 0.3) is 0 Å².